The van der Waals surface area contributed by atoms with Crippen molar-refractivity contribution in [2.45, 2.75) is 6.92 Å². The van der Waals surface area contributed by atoms with Gasteiger partial charge in [0.25, 0.3) is 0 Å². The molecule has 0 bridgehead atoms. The van der Waals surface area contributed by atoms with Gasteiger partial charge in [0.2, 0.25) is 0 Å². The first-order chi connectivity index (χ1) is 7.83. The molecular weight excluding hydrogens is 196 g/mol. The number of nitrogens with one attached hydrogen (secondary N) is 1. The second-order valence-corrected chi connectivity index (χ2v) is 3.74. The quantitative estimate of drug-likeness (QED) is 0.594. The van der Waals surface area contributed by atoms with E-state index in [1.165, 1.54) is 0 Å². The van der Waals surface area contributed by atoms with Crippen LogP contribution in [-0.4, -0.2) is 38.1 Å². The predicted octanol–water partition coefficient (Wildman–Crippen LogP) is 1.58. The summed E-state index contributed by atoms with van der Waals surface area (Å²) in [4.78, 5) is 2.28. The summed E-state index contributed by atoms with van der Waals surface area (Å²) in [5, 5.41) is 3.31. The Morgan fingerprint density at radius 3 is 2.69 bits per heavy atom. The zero-order chi connectivity index (χ0) is 11.6. The van der Waals surface area contributed by atoms with Gasteiger partial charge in [-0.3, -0.25) is 0 Å². The monoisotopic (exact) mass is 216 g/mol. The molecule has 86 valence electrons. The minimum atomic E-state index is 0.756. The van der Waals surface area contributed by atoms with Crippen LogP contribution in [0.25, 0.3) is 0 Å². The maximum Gasteiger partial charge on any atom is 0.0580 e. The number of rotatable bonds is 5. The van der Waals surface area contributed by atoms with Gasteiger partial charge in [0.15, 0.2) is 0 Å². The van der Waals surface area contributed by atoms with Crippen molar-refractivity contribution < 1.29 is 0 Å². The van der Waals surface area contributed by atoms with Gasteiger partial charge in [-0.05, 0) is 25.7 Å². The number of hydrogen-bond acceptors (Lipinski definition) is 2. The van der Waals surface area contributed by atoms with E-state index >= 15 is 0 Å². The third kappa shape index (κ3) is 5.55. The van der Waals surface area contributed by atoms with Crippen molar-refractivity contribution in [3.05, 3.63) is 35.9 Å². The number of benzene rings is 1. The van der Waals surface area contributed by atoms with Crippen LogP contribution in [0.2, 0.25) is 0 Å². The van der Waals surface area contributed by atoms with Gasteiger partial charge in [0.05, 0.1) is 6.54 Å². The molecule has 1 aromatic rings. The smallest absolute Gasteiger partial charge is 0.0580 e. The van der Waals surface area contributed by atoms with Crippen LogP contribution in [0.1, 0.15) is 12.5 Å². The first kappa shape index (κ1) is 12.8. The first-order valence-corrected chi connectivity index (χ1v) is 5.76. The largest absolute Gasteiger partial charge is 0.305 e. The van der Waals surface area contributed by atoms with Gasteiger partial charge in [0.1, 0.15) is 0 Å². The molecule has 0 fully saturated rings. The predicted molar refractivity (Wildman–Crippen MR) is 69.4 cm³/mol. The fourth-order valence-corrected chi connectivity index (χ4v) is 1.25. The van der Waals surface area contributed by atoms with E-state index in [4.69, 9.17) is 0 Å². The molecule has 16 heavy (non-hydrogen) atoms. The van der Waals surface area contributed by atoms with Crippen LogP contribution in [0.3, 0.4) is 0 Å². The Morgan fingerprint density at radius 1 is 1.25 bits per heavy atom. The van der Waals surface area contributed by atoms with E-state index in [0.717, 1.165) is 31.7 Å². The molecule has 0 spiro atoms. The Bertz CT molecular complexity index is 335. The summed E-state index contributed by atoms with van der Waals surface area (Å²) in [6.07, 6.45) is 0. The van der Waals surface area contributed by atoms with Gasteiger partial charge in [-0.2, -0.15) is 0 Å². The third-order valence-electron chi connectivity index (χ3n) is 2.43. The second kappa shape index (κ2) is 7.92. The lowest BCUT2D eigenvalue weighted by Gasteiger charge is -2.12. The van der Waals surface area contributed by atoms with Gasteiger partial charge in [0, 0.05) is 18.7 Å². The Hall–Kier alpha value is -1.30. The summed E-state index contributed by atoms with van der Waals surface area (Å²) in [5.74, 6) is 6.23. The van der Waals surface area contributed by atoms with Crippen LogP contribution in [0.15, 0.2) is 30.3 Å². The fraction of sp³-hybridized carbons (Fsp3) is 0.429. The standard InChI is InChI=1S/C14H20N2/c1-3-16(2)13-12-15-11-7-10-14-8-5-4-6-9-14/h4-6,8-9,15H,3,11-13H2,1-2H3. The van der Waals surface area contributed by atoms with Gasteiger partial charge in [-0.15, -0.1) is 0 Å². The highest BCUT2D eigenvalue weighted by atomic mass is 15.1. The van der Waals surface area contributed by atoms with Crippen molar-refractivity contribution in [2.24, 2.45) is 0 Å². The average Bonchev–Trinajstić information content (AvgIpc) is 2.34. The van der Waals surface area contributed by atoms with Gasteiger partial charge < -0.3 is 10.2 Å². The van der Waals surface area contributed by atoms with E-state index in [-0.39, 0.29) is 0 Å². The molecule has 0 unspecified atom stereocenters. The zero-order valence-corrected chi connectivity index (χ0v) is 10.2. The average molecular weight is 216 g/mol. The Labute approximate surface area is 98.7 Å². The van der Waals surface area contributed by atoms with Crippen molar-refractivity contribution >= 4 is 0 Å². The Kier molecular flexibility index (Phi) is 6.32. The second-order valence-electron chi connectivity index (χ2n) is 3.74. The molecule has 0 aliphatic heterocycles. The molecule has 0 aromatic heterocycles. The topological polar surface area (TPSA) is 15.3 Å². The highest BCUT2D eigenvalue weighted by Gasteiger charge is 1.91. The van der Waals surface area contributed by atoms with Crippen LogP contribution < -0.4 is 5.32 Å². The van der Waals surface area contributed by atoms with E-state index in [1.807, 2.05) is 30.3 Å². The molecule has 1 rings (SSSR count). The molecular formula is C14H20N2. The van der Waals surface area contributed by atoms with Crippen LogP contribution in [0.4, 0.5) is 0 Å². The SMILES string of the molecule is CCN(C)CCNCC#Cc1ccccc1. The van der Waals surface area contributed by atoms with Crippen molar-refractivity contribution in [2.75, 3.05) is 33.2 Å². The molecule has 0 amide bonds. The summed E-state index contributed by atoms with van der Waals surface area (Å²) >= 11 is 0. The number of nitrogens with zero attached hydrogens (tertiary/aromatic N) is 1. The summed E-state index contributed by atoms with van der Waals surface area (Å²) in [6, 6.07) is 10.1. The van der Waals surface area contributed by atoms with E-state index < -0.39 is 0 Å². The number of hydrogen-bond donors (Lipinski definition) is 1. The van der Waals surface area contributed by atoms with Gasteiger partial charge >= 0.3 is 0 Å². The van der Waals surface area contributed by atoms with E-state index in [1.54, 1.807) is 0 Å². The molecule has 0 aliphatic carbocycles. The number of likely N-dealkylation sites (N-methyl/N-ethyl adjacent to an activating group) is 1. The lowest BCUT2D eigenvalue weighted by atomic mass is 10.2. The van der Waals surface area contributed by atoms with Crippen molar-refractivity contribution in [1.82, 2.24) is 10.2 Å². The molecule has 0 heterocycles. The van der Waals surface area contributed by atoms with E-state index in [9.17, 15) is 0 Å². The molecule has 0 aliphatic rings. The summed E-state index contributed by atoms with van der Waals surface area (Å²) in [6.45, 7) is 6.08. The normalized spacial score (nSPS) is 9.94. The van der Waals surface area contributed by atoms with Crippen molar-refractivity contribution in [1.29, 1.82) is 0 Å². The summed E-state index contributed by atoms with van der Waals surface area (Å²) in [7, 11) is 2.12. The van der Waals surface area contributed by atoms with Crippen LogP contribution in [-0.2, 0) is 0 Å². The maximum absolute atomic E-state index is 3.31. The van der Waals surface area contributed by atoms with Gasteiger partial charge in [-0.1, -0.05) is 37.0 Å². The Balaban J connectivity index is 2.14. The first-order valence-electron chi connectivity index (χ1n) is 5.76. The molecule has 0 atom stereocenters. The lowest BCUT2D eigenvalue weighted by molar-refractivity contribution is 0.352. The molecule has 0 radical (unpaired) electrons. The zero-order valence-electron chi connectivity index (χ0n) is 10.2. The molecule has 1 aromatic carbocycles. The highest BCUT2D eigenvalue weighted by Crippen LogP contribution is 1.93. The minimum Gasteiger partial charge on any atom is -0.305 e. The molecule has 1 N–H and O–H groups in total. The van der Waals surface area contributed by atoms with E-state index in [0.29, 0.717) is 0 Å². The summed E-state index contributed by atoms with van der Waals surface area (Å²) in [5.41, 5.74) is 1.08. The van der Waals surface area contributed by atoms with Crippen molar-refractivity contribution in [3.63, 3.8) is 0 Å². The third-order valence-corrected chi connectivity index (χ3v) is 2.43. The minimum absolute atomic E-state index is 0.756. The highest BCUT2D eigenvalue weighted by molar-refractivity contribution is 5.33. The molecule has 0 saturated carbocycles. The summed E-state index contributed by atoms with van der Waals surface area (Å²) < 4.78 is 0. The van der Waals surface area contributed by atoms with Crippen LogP contribution in [0.5, 0.6) is 0 Å². The molecule has 0 saturated heterocycles. The maximum atomic E-state index is 3.31. The van der Waals surface area contributed by atoms with Crippen LogP contribution >= 0.6 is 0 Å². The van der Waals surface area contributed by atoms with Crippen LogP contribution in [0, 0.1) is 11.8 Å². The van der Waals surface area contributed by atoms with Crippen molar-refractivity contribution in [3.8, 4) is 11.8 Å². The van der Waals surface area contributed by atoms with Gasteiger partial charge in [-0.25, -0.2) is 0 Å². The van der Waals surface area contributed by atoms with E-state index in [2.05, 4.69) is 36.0 Å². The Morgan fingerprint density at radius 2 is 2.00 bits per heavy atom. The molecule has 2 nitrogen and oxygen atoms in total. The lowest BCUT2D eigenvalue weighted by Crippen LogP contribution is -2.29. The molecule has 2 heteroatoms. The fourth-order valence-electron chi connectivity index (χ4n) is 1.25.